The number of ether oxygens (including phenoxy) is 1. The number of aromatic amines is 1. The SMILES string of the molecule is N#C[C@H]1CCOCC12CC2n1nc(Nc2ccc(C(N3CCSCC3)C(F)(F)F)cc2)c2c(=O)[nH]ccc21. The normalized spacial score (nSPS) is 26.8. The zero-order chi connectivity index (χ0) is 26.5. The maximum atomic E-state index is 14.0. The van der Waals surface area contributed by atoms with E-state index in [1.165, 1.54) is 17.0 Å². The van der Waals surface area contributed by atoms with Crippen LogP contribution in [0.3, 0.4) is 0 Å². The highest BCUT2D eigenvalue weighted by atomic mass is 32.2. The maximum Gasteiger partial charge on any atom is 0.408 e. The van der Waals surface area contributed by atoms with Crippen LogP contribution in [-0.2, 0) is 4.74 Å². The van der Waals surface area contributed by atoms with Crippen LogP contribution in [0.25, 0.3) is 10.9 Å². The molecule has 3 fully saturated rings. The Labute approximate surface area is 221 Å². The Morgan fingerprint density at radius 2 is 2.00 bits per heavy atom. The Balaban J connectivity index is 1.30. The number of thioether (sulfide) groups is 1. The first-order chi connectivity index (χ1) is 18.3. The average Bonchev–Trinajstić information content (AvgIpc) is 3.48. The first-order valence-electron chi connectivity index (χ1n) is 12.6. The maximum absolute atomic E-state index is 14.0. The highest BCUT2D eigenvalue weighted by Gasteiger charge is 2.62. The Hall–Kier alpha value is -3.01. The van der Waals surface area contributed by atoms with Gasteiger partial charge in [0.15, 0.2) is 5.82 Å². The number of anilines is 2. The molecule has 0 radical (unpaired) electrons. The van der Waals surface area contributed by atoms with E-state index in [9.17, 15) is 23.2 Å². The van der Waals surface area contributed by atoms with Crippen LogP contribution in [0.2, 0.25) is 0 Å². The van der Waals surface area contributed by atoms with Gasteiger partial charge in [-0.1, -0.05) is 12.1 Å². The summed E-state index contributed by atoms with van der Waals surface area (Å²) in [5.74, 6) is 1.54. The van der Waals surface area contributed by atoms with Crippen molar-refractivity contribution in [3.05, 3.63) is 52.4 Å². The standard InChI is InChI=1S/C26H27F3N6O2S/c27-26(28,29)22(34-8-11-38-12-9-34)16-1-3-18(4-2-16)32-23-21-19(5-7-31-24(21)36)35(33-23)20-13-25(20)15-37-10-6-17(25)14-30/h1-5,7,17,20,22H,6,8-13,15H2,(H,31,36)(H,32,33)/t17-,20?,22?,25?/m1/s1. The zero-order valence-corrected chi connectivity index (χ0v) is 21.3. The van der Waals surface area contributed by atoms with Crippen molar-refractivity contribution >= 4 is 34.2 Å². The van der Waals surface area contributed by atoms with Gasteiger partial charge >= 0.3 is 6.18 Å². The van der Waals surface area contributed by atoms with Gasteiger partial charge in [0.2, 0.25) is 0 Å². The predicted molar refractivity (Wildman–Crippen MR) is 138 cm³/mol. The number of pyridine rings is 1. The lowest BCUT2D eigenvalue weighted by Gasteiger charge is -2.35. The molecule has 4 atom stereocenters. The van der Waals surface area contributed by atoms with E-state index in [0.29, 0.717) is 66.6 Å². The number of H-pyrrole nitrogens is 1. The van der Waals surface area contributed by atoms with Crippen molar-refractivity contribution in [3.63, 3.8) is 0 Å². The zero-order valence-electron chi connectivity index (χ0n) is 20.5. The number of rotatable bonds is 5. The summed E-state index contributed by atoms with van der Waals surface area (Å²) >= 11 is 1.67. The van der Waals surface area contributed by atoms with Gasteiger partial charge in [0.25, 0.3) is 5.56 Å². The van der Waals surface area contributed by atoms with Gasteiger partial charge in [0.05, 0.1) is 30.2 Å². The minimum Gasteiger partial charge on any atom is -0.381 e. The molecule has 2 aromatic heterocycles. The summed E-state index contributed by atoms with van der Waals surface area (Å²) < 4.78 is 49.5. The van der Waals surface area contributed by atoms with Gasteiger partial charge in [-0.05, 0) is 36.6 Å². The minimum absolute atomic E-state index is 0.0788. The van der Waals surface area contributed by atoms with Crippen LogP contribution >= 0.6 is 11.8 Å². The summed E-state index contributed by atoms with van der Waals surface area (Å²) in [6.07, 6.45) is -1.42. The van der Waals surface area contributed by atoms with Crippen LogP contribution in [0, 0.1) is 22.7 Å². The molecule has 1 aliphatic carbocycles. The molecule has 1 saturated carbocycles. The van der Waals surface area contributed by atoms with E-state index in [1.807, 2.05) is 0 Å². The first kappa shape index (κ1) is 25.3. The number of nitrogens with zero attached hydrogens (tertiary/aromatic N) is 4. The molecular formula is C26H27F3N6O2S. The molecule has 3 aromatic rings. The molecule has 0 amide bonds. The number of aromatic nitrogens is 3. The fraction of sp³-hybridized carbons (Fsp3) is 0.500. The number of nitrogens with one attached hydrogen (secondary N) is 2. The second kappa shape index (κ2) is 9.63. The van der Waals surface area contributed by atoms with E-state index in [0.717, 1.165) is 6.42 Å². The Bertz CT molecular complexity index is 1430. The molecule has 1 aromatic carbocycles. The van der Waals surface area contributed by atoms with Crippen molar-refractivity contribution in [2.45, 2.75) is 31.1 Å². The third kappa shape index (κ3) is 4.36. The highest BCUT2D eigenvalue weighted by molar-refractivity contribution is 7.99. The van der Waals surface area contributed by atoms with E-state index in [-0.39, 0.29) is 28.5 Å². The molecule has 3 aliphatic rings. The van der Waals surface area contributed by atoms with Gasteiger partial charge in [0.1, 0.15) is 11.4 Å². The predicted octanol–water partition coefficient (Wildman–Crippen LogP) is 4.61. The van der Waals surface area contributed by atoms with Crippen LogP contribution in [0.15, 0.2) is 41.3 Å². The molecule has 0 bridgehead atoms. The number of alkyl halides is 3. The van der Waals surface area contributed by atoms with Crippen molar-refractivity contribution in [2.75, 3.05) is 43.1 Å². The summed E-state index contributed by atoms with van der Waals surface area (Å²) in [5, 5.41) is 17.9. The Morgan fingerprint density at radius 3 is 2.71 bits per heavy atom. The molecule has 12 heteroatoms. The second-order valence-corrected chi connectivity index (χ2v) is 11.4. The number of halogens is 3. The quantitative estimate of drug-likeness (QED) is 0.484. The number of benzene rings is 1. The van der Waals surface area contributed by atoms with Crippen LogP contribution < -0.4 is 10.9 Å². The third-order valence-electron chi connectivity index (χ3n) is 7.98. The molecule has 8 nitrogen and oxygen atoms in total. The smallest absolute Gasteiger partial charge is 0.381 e. The van der Waals surface area contributed by atoms with Gasteiger partial charge < -0.3 is 15.0 Å². The summed E-state index contributed by atoms with van der Waals surface area (Å²) in [4.78, 5) is 17.0. The van der Waals surface area contributed by atoms with E-state index in [2.05, 4.69) is 16.4 Å². The van der Waals surface area contributed by atoms with E-state index in [4.69, 9.17) is 9.84 Å². The molecule has 3 unspecified atom stereocenters. The molecule has 2 aliphatic heterocycles. The molecular weight excluding hydrogens is 517 g/mol. The molecule has 200 valence electrons. The lowest BCUT2D eigenvalue weighted by molar-refractivity contribution is -0.185. The average molecular weight is 545 g/mol. The first-order valence-corrected chi connectivity index (χ1v) is 13.8. The molecule has 4 heterocycles. The van der Waals surface area contributed by atoms with Gasteiger partial charge in [-0.15, -0.1) is 0 Å². The van der Waals surface area contributed by atoms with Crippen LogP contribution in [-0.4, -0.2) is 63.6 Å². The molecule has 6 rings (SSSR count). The number of nitriles is 1. The fourth-order valence-electron chi connectivity index (χ4n) is 5.96. The van der Waals surface area contributed by atoms with Crippen LogP contribution in [0.5, 0.6) is 0 Å². The van der Waals surface area contributed by atoms with Gasteiger partial charge in [0, 0.05) is 48.5 Å². The van der Waals surface area contributed by atoms with Gasteiger partial charge in [-0.3, -0.25) is 14.4 Å². The van der Waals surface area contributed by atoms with Crippen molar-refractivity contribution in [2.24, 2.45) is 11.3 Å². The molecule has 38 heavy (non-hydrogen) atoms. The lowest BCUT2D eigenvalue weighted by atomic mass is 9.86. The van der Waals surface area contributed by atoms with Gasteiger partial charge in [-0.2, -0.15) is 35.3 Å². The van der Waals surface area contributed by atoms with Crippen LogP contribution in [0.4, 0.5) is 24.7 Å². The number of hydrogen-bond acceptors (Lipinski definition) is 7. The summed E-state index contributed by atoms with van der Waals surface area (Å²) in [5.41, 5.74) is 0.701. The summed E-state index contributed by atoms with van der Waals surface area (Å²) in [6, 6.07) is 8.62. The Morgan fingerprint density at radius 1 is 1.24 bits per heavy atom. The topological polar surface area (TPSA) is 99.0 Å². The van der Waals surface area contributed by atoms with Crippen LogP contribution in [0.1, 0.15) is 30.5 Å². The Kier molecular flexibility index (Phi) is 6.40. The molecule has 2 saturated heterocycles. The van der Waals surface area contributed by atoms with Crippen molar-refractivity contribution < 1.29 is 17.9 Å². The molecule has 2 N–H and O–H groups in total. The fourth-order valence-corrected chi connectivity index (χ4v) is 6.89. The van der Waals surface area contributed by atoms with Crippen molar-refractivity contribution in [1.82, 2.24) is 19.7 Å². The third-order valence-corrected chi connectivity index (χ3v) is 8.93. The highest BCUT2D eigenvalue weighted by Crippen LogP contribution is 2.63. The number of fused-ring (bicyclic) bond motifs is 1. The van der Waals surface area contributed by atoms with E-state index >= 15 is 0 Å². The van der Waals surface area contributed by atoms with Crippen molar-refractivity contribution in [3.8, 4) is 6.07 Å². The van der Waals surface area contributed by atoms with Gasteiger partial charge in [-0.25, -0.2) is 0 Å². The second-order valence-electron chi connectivity index (χ2n) is 10.2. The van der Waals surface area contributed by atoms with E-state index < -0.39 is 12.2 Å². The molecule has 1 spiro atoms. The summed E-state index contributed by atoms with van der Waals surface area (Å²) in [6.45, 7) is 1.81. The monoisotopic (exact) mass is 544 g/mol. The minimum atomic E-state index is -4.39. The largest absolute Gasteiger partial charge is 0.408 e. The summed E-state index contributed by atoms with van der Waals surface area (Å²) in [7, 11) is 0. The lowest BCUT2D eigenvalue weighted by Crippen LogP contribution is -2.42. The number of hydrogen-bond donors (Lipinski definition) is 2. The van der Waals surface area contributed by atoms with Crippen molar-refractivity contribution in [1.29, 1.82) is 5.26 Å². The van der Waals surface area contributed by atoms with E-state index in [1.54, 1.807) is 40.8 Å².